The largest absolute Gasteiger partial charge is 0.497 e. The third kappa shape index (κ3) is 3.38. The van der Waals surface area contributed by atoms with Gasteiger partial charge in [-0.1, -0.05) is 13.0 Å². The van der Waals surface area contributed by atoms with Crippen LogP contribution in [-0.2, 0) is 13.0 Å². The van der Waals surface area contributed by atoms with E-state index in [4.69, 9.17) is 4.74 Å². The van der Waals surface area contributed by atoms with Gasteiger partial charge in [-0.15, -0.1) is 11.3 Å². The standard InChI is InChI=1S/C16H20FNOS/c1-4-12-7-8-20-16(12)10-18-11(2)14-6-5-13(19-3)9-15(14)17/h5-9,11,18H,4,10H2,1-3H3. The van der Waals surface area contributed by atoms with Crippen molar-refractivity contribution in [2.45, 2.75) is 32.9 Å². The van der Waals surface area contributed by atoms with Crippen molar-refractivity contribution in [2.24, 2.45) is 0 Å². The van der Waals surface area contributed by atoms with Crippen molar-refractivity contribution in [1.82, 2.24) is 5.32 Å². The SMILES string of the molecule is CCc1ccsc1CNC(C)c1ccc(OC)cc1F. The van der Waals surface area contributed by atoms with Gasteiger partial charge in [-0.2, -0.15) is 0 Å². The molecule has 0 saturated carbocycles. The summed E-state index contributed by atoms with van der Waals surface area (Å²) in [4.78, 5) is 1.33. The summed E-state index contributed by atoms with van der Waals surface area (Å²) in [6.45, 7) is 4.90. The van der Waals surface area contributed by atoms with E-state index in [1.165, 1.54) is 16.5 Å². The van der Waals surface area contributed by atoms with Gasteiger partial charge in [0.1, 0.15) is 11.6 Å². The summed E-state index contributed by atoms with van der Waals surface area (Å²) in [5, 5.41) is 5.49. The molecule has 0 amide bonds. The van der Waals surface area contributed by atoms with Gasteiger partial charge in [0.15, 0.2) is 0 Å². The lowest BCUT2D eigenvalue weighted by Crippen LogP contribution is -2.19. The van der Waals surface area contributed by atoms with Gasteiger partial charge < -0.3 is 10.1 Å². The Kier molecular flexibility index (Phi) is 5.15. The molecule has 1 atom stereocenters. The fraction of sp³-hybridized carbons (Fsp3) is 0.375. The fourth-order valence-corrected chi connectivity index (χ4v) is 3.11. The third-order valence-corrected chi connectivity index (χ3v) is 4.42. The summed E-state index contributed by atoms with van der Waals surface area (Å²) in [6.07, 6.45) is 1.03. The average molecular weight is 293 g/mol. The number of nitrogens with one attached hydrogen (secondary N) is 1. The first-order valence-electron chi connectivity index (χ1n) is 6.77. The molecule has 1 N–H and O–H groups in total. The van der Waals surface area contributed by atoms with Gasteiger partial charge in [0.25, 0.3) is 0 Å². The van der Waals surface area contributed by atoms with Crippen molar-refractivity contribution >= 4 is 11.3 Å². The number of thiophene rings is 1. The molecule has 1 aromatic carbocycles. The number of ether oxygens (including phenoxy) is 1. The summed E-state index contributed by atoms with van der Waals surface area (Å²) in [5.41, 5.74) is 2.03. The second kappa shape index (κ2) is 6.86. The molecule has 0 spiro atoms. The lowest BCUT2D eigenvalue weighted by atomic mass is 10.1. The van der Waals surface area contributed by atoms with Crippen LogP contribution in [-0.4, -0.2) is 7.11 Å². The Morgan fingerprint density at radius 2 is 2.15 bits per heavy atom. The molecule has 0 radical (unpaired) electrons. The Hall–Kier alpha value is -1.39. The van der Waals surface area contributed by atoms with Crippen molar-refractivity contribution in [2.75, 3.05) is 7.11 Å². The number of benzene rings is 1. The zero-order chi connectivity index (χ0) is 14.5. The molecule has 0 bridgehead atoms. The molecule has 0 aliphatic rings. The molecule has 0 aliphatic carbocycles. The second-order valence-corrected chi connectivity index (χ2v) is 5.71. The Bertz CT molecular complexity index is 567. The van der Waals surface area contributed by atoms with Gasteiger partial charge in [0.2, 0.25) is 0 Å². The second-order valence-electron chi connectivity index (χ2n) is 4.71. The smallest absolute Gasteiger partial charge is 0.131 e. The lowest BCUT2D eigenvalue weighted by Gasteiger charge is -2.15. The zero-order valence-electron chi connectivity index (χ0n) is 12.1. The quantitative estimate of drug-likeness (QED) is 0.857. The van der Waals surface area contributed by atoms with Crippen LogP contribution in [0.1, 0.15) is 35.9 Å². The Labute approximate surface area is 123 Å². The first-order chi connectivity index (χ1) is 9.65. The highest BCUT2D eigenvalue weighted by Gasteiger charge is 2.12. The van der Waals surface area contributed by atoms with Crippen LogP contribution in [0.25, 0.3) is 0 Å². The van der Waals surface area contributed by atoms with Crippen molar-refractivity contribution in [1.29, 1.82) is 0 Å². The molecule has 0 saturated heterocycles. The summed E-state index contributed by atoms with van der Waals surface area (Å²) in [5.74, 6) is 0.316. The van der Waals surface area contributed by atoms with Crippen LogP contribution in [0.2, 0.25) is 0 Å². The minimum Gasteiger partial charge on any atom is -0.497 e. The maximum atomic E-state index is 14.0. The van der Waals surface area contributed by atoms with Crippen LogP contribution in [0.3, 0.4) is 0 Å². The normalized spacial score (nSPS) is 12.4. The number of halogens is 1. The zero-order valence-corrected chi connectivity index (χ0v) is 12.9. The summed E-state index contributed by atoms with van der Waals surface area (Å²) >= 11 is 1.75. The Morgan fingerprint density at radius 3 is 2.80 bits per heavy atom. The van der Waals surface area contributed by atoms with Crippen LogP contribution < -0.4 is 10.1 Å². The van der Waals surface area contributed by atoms with Crippen LogP contribution in [0, 0.1) is 5.82 Å². The van der Waals surface area contributed by atoms with Crippen LogP contribution in [0.5, 0.6) is 5.75 Å². The first kappa shape index (κ1) is 15.0. The van der Waals surface area contributed by atoms with Gasteiger partial charge in [0, 0.05) is 29.1 Å². The summed E-state index contributed by atoms with van der Waals surface area (Å²) in [6, 6.07) is 7.11. The van der Waals surface area contributed by atoms with E-state index in [1.807, 2.05) is 6.92 Å². The average Bonchev–Trinajstić information content (AvgIpc) is 2.92. The van der Waals surface area contributed by atoms with E-state index >= 15 is 0 Å². The molecule has 0 aliphatic heterocycles. The number of hydrogen-bond donors (Lipinski definition) is 1. The molecule has 2 nitrogen and oxygen atoms in total. The monoisotopic (exact) mass is 293 g/mol. The van der Waals surface area contributed by atoms with Gasteiger partial charge in [0.05, 0.1) is 7.11 Å². The van der Waals surface area contributed by atoms with E-state index in [9.17, 15) is 4.39 Å². The van der Waals surface area contributed by atoms with E-state index in [2.05, 4.69) is 23.7 Å². The topological polar surface area (TPSA) is 21.3 Å². The molecule has 1 aromatic heterocycles. The maximum absolute atomic E-state index is 14.0. The molecule has 20 heavy (non-hydrogen) atoms. The van der Waals surface area contributed by atoms with Crippen LogP contribution in [0.15, 0.2) is 29.6 Å². The molecular formula is C16H20FNOS. The Morgan fingerprint density at radius 1 is 1.35 bits per heavy atom. The van der Waals surface area contributed by atoms with Crippen molar-refractivity contribution < 1.29 is 9.13 Å². The summed E-state index contributed by atoms with van der Waals surface area (Å²) in [7, 11) is 1.54. The minimum atomic E-state index is -0.230. The molecule has 1 heterocycles. The molecule has 0 fully saturated rings. The number of rotatable bonds is 6. The first-order valence-corrected chi connectivity index (χ1v) is 7.65. The summed E-state index contributed by atoms with van der Waals surface area (Å²) < 4.78 is 19.0. The van der Waals surface area contributed by atoms with Gasteiger partial charge in [-0.25, -0.2) is 4.39 Å². The minimum absolute atomic E-state index is 0.0345. The highest BCUT2D eigenvalue weighted by molar-refractivity contribution is 7.10. The number of methoxy groups -OCH3 is 1. The molecule has 2 aromatic rings. The van der Waals surface area contributed by atoms with Crippen molar-refractivity contribution in [3.05, 3.63) is 51.5 Å². The molecule has 1 unspecified atom stereocenters. The Balaban J connectivity index is 2.03. The lowest BCUT2D eigenvalue weighted by molar-refractivity contribution is 0.409. The number of hydrogen-bond acceptors (Lipinski definition) is 3. The fourth-order valence-electron chi connectivity index (χ4n) is 2.18. The molecule has 108 valence electrons. The third-order valence-electron chi connectivity index (χ3n) is 3.46. The van der Waals surface area contributed by atoms with E-state index in [1.54, 1.807) is 30.6 Å². The van der Waals surface area contributed by atoms with Crippen molar-refractivity contribution in [3.8, 4) is 5.75 Å². The van der Waals surface area contributed by atoms with E-state index in [-0.39, 0.29) is 11.9 Å². The van der Waals surface area contributed by atoms with Gasteiger partial charge >= 0.3 is 0 Å². The van der Waals surface area contributed by atoms with Crippen molar-refractivity contribution in [3.63, 3.8) is 0 Å². The highest BCUT2D eigenvalue weighted by Crippen LogP contribution is 2.23. The predicted octanol–water partition coefficient (Wildman–Crippen LogP) is 4.31. The van der Waals surface area contributed by atoms with Crippen LogP contribution >= 0.6 is 11.3 Å². The highest BCUT2D eigenvalue weighted by atomic mass is 32.1. The van der Waals surface area contributed by atoms with Crippen LogP contribution in [0.4, 0.5) is 4.39 Å². The van der Waals surface area contributed by atoms with E-state index < -0.39 is 0 Å². The molecular weight excluding hydrogens is 273 g/mol. The maximum Gasteiger partial charge on any atom is 0.131 e. The molecule has 2 rings (SSSR count). The van der Waals surface area contributed by atoms with E-state index in [0.29, 0.717) is 11.3 Å². The predicted molar refractivity (Wildman–Crippen MR) is 81.9 cm³/mol. The molecule has 4 heteroatoms. The van der Waals surface area contributed by atoms with Gasteiger partial charge in [-0.3, -0.25) is 0 Å². The van der Waals surface area contributed by atoms with Gasteiger partial charge in [-0.05, 0) is 36.4 Å². The van der Waals surface area contributed by atoms with E-state index in [0.717, 1.165) is 13.0 Å². The number of aryl methyl sites for hydroxylation is 1.